The summed E-state index contributed by atoms with van der Waals surface area (Å²) in [6, 6.07) is 11.1. The molecule has 4 rings (SSSR count). The molecule has 1 aliphatic carbocycles. The average molecular weight is 455 g/mol. The zero-order valence-corrected chi connectivity index (χ0v) is 19.9. The SMILES string of the molecule is CC=CC1CCC(C2CCC(c3ccc(-c4ccc(OCCC)c(F)c4F)cc3)CC2)OC1. The molecule has 2 fully saturated rings. The molecule has 1 saturated carbocycles. The van der Waals surface area contributed by atoms with Gasteiger partial charge in [-0.2, -0.15) is 4.39 Å². The highest BCUT2D eigenvalue weighted by molar-refractivity contribution is 5.65. The highest BCUT2D eigenvalue weighted by Crippen LogP contribution is 2.40. The smallest absolute Gasteiger partial charge is 0.201 e. The summed E-state index contributed by atoms with van der Waals surface area (Å²) in [6.45, 7) is 5.24. The van der Waals surface area contributed by atoms with Crippen molar-refractivity contribution in [2.75, 3.05) is 13.2 Å². The van der Waals surface area contributed by atoms with Crippen LogP contribution in [0.2, 0.25) is 0 Å². The van der Waals surface area contributed by atoms with Gasteiger partial charge in [-0.3, -0.25) is 0 Å². The lowest BCUT2D eigenvalue weighted by molar-refractivity contribution is -0.0470. The number of rotatable bonds is 7. The van der Waals surface area contributed by atoms with Gasteiger partial charge in [0.05, 0.1) is 19.3 Å². The maximum absolute atomic E-state index is 14.6. The third kappa shape index (κ3) is 5.66. The first kappa shape index (κ1) is 23.9. The second-order valence-electron chi connectivity index (χ2n) is 9.56. The Hall–Kier alpha value is -2.20. The highest BCUT2D eigenvalue weighted by Gasteiger charge is 2.31. The molecule has 33 heavy (non-hydrogen) atoms. The molecule has 0 amide bonds. The molecule has 2 aliphatic rings. The molecule has 178 valence electrons. The minimum absolute atomic E-state index is 0.0224. The van der Waals surface area contributed by atoms with Crippen molar-refractivity contribution in [2.45, 2.75) is 70.8 Å². The van der Waals surface area contributed by atoms with E-state index in [1.54, 1.807) is 6.07 Å². The van der Waals surface area contributed by atoms with Crippen LogP contribution in [0.5, 0.6) is 5.75 Å². The second-order valence-corrected chi connectivity index (χ2v) is 9.56. The van der Waals surface area contributed by atoms with Crippen LogP contribution in [0.4, 0.5) is 8.78 Å². The van der Waals surface area contributed by atoms with Gasteiger partial charge in [-0.05, 0) is 87.0 Å². The molecule has 0 radical (unpaired) electrons. The topological polar surface area (TPSA) is 18.5 Å². The molecule has 2 atom stereocenters. The number of halogens is 2. The van der Waals surface area contributed by atoms with E-state index in [2.05, 4.69) is 31.2 Å². The van der Waals surface area contributed by atoms with Crippen molar-refractivity contribution in [1.29, 1.82) is 0 Å². The van der Waals surface area contributed by atoms with Crippen molar-refractivity contribution in [3.8, 4) is 16.9 Å². The molecule has 2 aromatic rings. The first-order valence-corrected chi connectivity index (χ1v) is 12.6. The lowest BCUT2D eigenvalue weighted by Crippen LogP contribution is -2.33. The quantitative estimate of drug-likeness (QED) is 0.394. The number of hydrogen-bond donors (Lipinski definition) is 0. The van der Waals surface area contributed by atoms with Crippen LogP contribution in [0.25, 0.3) is 11.1 Å². The van der Waals surface area contributed by atoms with Crippen molar-refractivity contribution >= 4 is 0 Å². The Balaban J connectivity index is 1.35. The Morgan fingerprint density at radius 3 is 2.33 bits per heavy atom. The van der Waals surface area contributed by atoms with Gasteiger partial charge in [0.2, 0.25) is 5.82 Å². The van der Waals surface area contributed by atoms with Crippen LogP contribution >= 0.6 is 0 Å². The highest BCUT2D eigenvalue weighted by atomic mass is 19.2. The zero-order chi connectivity index (χ0) is 23.2. The van der Waals surface area contributed by atoms with Gasteiger partial charge in [0.1, 0.15) is 0 Å². The van der Waals surface area contributed by atoms with Gasteiger partial charge in [0, 0.05) is 11.5 Å². The van der Waals surface area contributed by atoms with Crippen molar-refractivity contribution in [1.82, 2.24) is 0 Å². The summed E-state index contributed by atoms with van der Waals surface area (Å²) >= 11 is 0. The fraction of sp³-hybridized carbons (Fsp3) is 0.517. The third-order valence-electron chi connectivity index (χ3n) is 7.31. The van der Waals surface area contributed by atoms with Crippen molar-refractivity contribution < 1.29 is 18.3 Å². The van der Waals surface area contributed by atoms with Gasteiger partial charge in [-0.25, -0.2) is 4.39 Å². The summed E-state index contributed by atoms with van der Waals surface area (Å²) in [7, 11) is 0. The first-order valence-electron chi connectivity index (χ1n) is 12.6. The Bertz CT molecular complexity index is 921. The normalized spacial score (nSPS) is 25.9. The summed E-state index contributed by atoms with van der Waals surface area (Å²) in [5.41, 5.74) is 2.26. The maximum atomic E-state index is 14.6. The molecule has 1 saturated heterocycles. The zero-order valence-electron chi connectivity index (χ0n) is 19.9. The van der Waals surface area contributed by atoms with Gasteiger partial charge in [-0.1, -0.05) is 43.3 Å². The van der Waals surface area contributed by atoms with Crippen LogP contribution in [0, 0.1) is 23.5 Å². The molecule has 0 spiro atoms. The van der Waals surface area contributed by atoms with E-state index in [-0.39, 0.29) is 11.3 Å². The summed E-state index contributed by atoms with van der Waals surface area (Å²) in [5, 5.41) is 0. The lowest BCUT2D eigenvalue weighted by atomic mass is 9.75. The van der Waals surface area contributed by atoms with E-state index in [1.165, 1.54) is 37.3 Å². The van der Waals surface area contributed by atoms with Crippen LogP contribution < -0.4 is 4.74 Å². The molecule has 0 aromatic heterocycles. The predicted molar refractivity (Wildman–Crippen MR) is 130 cm³/mol. The Kier molecular flexibility index (Phi) is 8.19. The number of benzene rings is 2. The molecule has 1 aliphatic heterocycles. The molecule has 2 aromatic carbocycles. The number of ether oxygens (including phenoxy) is 2. The Morgan fingerprint density at radius 2 is 1.70 bits per heavy atom. The Morgan fingerprint density at radius 1 is 0.939 bits per heavy atom. The minimum Gasteiger partial charge on any atom is -0.490 e. The first-order chi connectivity index (χ1) is 16.1. The standard InChI is InChI=1S/C29H36F2O2/c1-3-5-20-6-16-26(33-19-20)24-13-9-22(10-14-24)21-7-11-23(12-8-21)25-15-17-27(32-18-4-2)29(31)28(25)30/h3,5,7-8,11-12,15,17,20,22,24,26H,4,6,9-10,13-14,16,18-19H2,1-2H3. The Labute approximate surface area is 197 Å². The predicted octanol–water partition coefficient (Wildman–Crippen LogP) is 8.07. The van der Waals surface area contributed by atoms with Crippen LogP contribution in [0.3, 0.4) is 0 Å². The molecule has 4 heteroatoms. The van der Waals surface area contributed by atoms with Crippen LogP contribution in [0.15, 0.2) is 48.6 Å². The van der Waals surface area contributed by atoms with Gasteiger partial charge >= 0.3 is 0 Å². The fourth-order valence-electron chi connectivity index (χ4n) is 5.43. The monoisotopic (exact) mass is 454 g/mol. The minimum atomic E-state index is -0.912. The fourth-order valence-corrected chi connectivity index (χ4v) is 5.43. The summed E-state index contributed by atoms with van der Waals surface area (Å²) < 4.78 is 40.5. The van der Waals surface area contributed by atoms with Gasteiger partial charge in [-0.15, -0.1) is 0 Å². The second kappa shape index (κ2) is 11.3. The summed E-state index contributed by atoms with van der Waals surface area (Å²) in [4.78, 5) is 0. The molecule has 1 heterocycles. The van der Waals surface area contributed by atoms with Gasteiger partial charge in [0.25, 0.3) is 0 Å². The van der Waals surface area contributed by atoms with Crippen LogP contribution in [0.1, 0.15) is 70.3 Å². The lowest BCUT2D eigenvalue weighted by Gasteiger charge is -2.37. The van der Waals surface area contributed by atoms with E-state index in [9.17, 15) is 8.78 Å². The van der Waals surface area contributed by atoms with Crippen molar-refractivity contribution in [3.63, 3.8) is 0 Å². The summed E-state index contributed by atoms with van der Waals surface area (Å²) in [6.07, 6.45) is 12.7. The van der Waals surface area contributed by atoms with Gasteiger partial charge < -0.3 is 9.47 Å². The van der Waals surface area contributed by atoms with E-state index in [1.807, 2.05) is 19.1 Å². The average Bonchev–Trinajstić information content (AvgIpc) is 2.86. The molecular weight excluding hydrogens is 418 g/mol. The molecule has 2 unspecified atom stereocenters. The number of allylic oxidation sites excluding steroid dienone is 1. The molecular formula is C29H36F2O2. The van der Waals surface area contributed by atoms with Crippen LogP contribution in [-0.4, -0.2) is 19.3 Å². The van der Waals surface area contributed by atoms with Gasteiger partial charge in [0.15, 0.2) is 11.6 Å². The molecule has 0 N–H and O–H groups in total. The molecule has 2 nitrogen and oxygen atoms in total. The van der Waals surface area contributed by atoms with E-state index in [4.69, 9.17) is 9.47 Å². The maximum Gasteiger partial charge on any atom is 0.201 e. The molecule has 0 bridgehead atoms. The number of hydrogen-bond acceptors (Lipinski definition) is 2. The van der Waals surface area contributed by atoms with E-state index in [0.717, 1.165) is 25.9 Å². The van der Waals surface area contributed by atoms with E-state index >= 15 is 0 Å². The van der Waals surface area contributed by atoms with Crippen LogP contribution in [-0.2, 0) is 4.74 Å². The van der Waals surface area contributed by atoms with E-state index < -0.39 is 11.6 Å². The third-order valence-corrected chi connectivity index (χ3v) is 7.31. The summed E-state index contributed by atoms with van der Waals surface area (Å²) in [5.74, 6) is -0.00440. The largest absolute Gasteiger partial charge is 0.490 e. The van der Waals surface area contributed by atoms with Crippen molar-refractivity contribution in [2.24, 2.45) is 11.8 Å². The van der Waals surface area contributed by atoms with E-state index in [0.29, 0.717) is 36.0 Å². The van der Waals surface area contributed by atoms with Crippen molar-refractivity contribution in [3.05, 3.63) is 65.7 Å².